The fourth-order valence-electron chi connectivity index (χ4n) is 1.27. The highest BCUT2D eigenvalue weighted by atomic mass is 32.2. The number of carbonyl (C=O) groups excluding carboxylic acids is 1. The van der Waals surface area contributed by atoms with E-state index in [0.29, 0.717) is 20.8 Å². The van der Waals surface area contributed by atoms with Crippen molar-refractivity contribution in [2.24, 2.45) is 0 Å². The summed E-state index contributed by atoms with van der Waals surface area (Å²) in [6, 6.07) is 7.02. The van der Waals surface area contributed by atoms with Gasteiger partial charge >= 0.3 is 0 Å². The van der Waals surface area contributed by atoms with Crippen LogP contribution in [0.1, 0.15) is 10.4 Å². The Morgan fingerprint density at radius 3 is 2.67 bits per heavy atom. The molecule has 0 unspecified atom stereocenters. The first-order valence-corrected chi connectivity index (χ1v) is 6.88. The van der Waals surface area contributed by atoms with E-state index in [1.54, 1.807) is 31.4 Å². The second-order valence-electron chi connectivity index (χ2n) is 3.35. The minimum atomic E-state index is 0.0384. The third kappa shape index (κ3) is 3.21. The Hall–Kier alpha value is -1.60. The highest BCUT2D eigenvalue weighted by molar-refractivity contribution is 8.01. The molecule has 0 atom stereocenters. The lowest BCUT2D eigenvalue weighted by molar-refractivity contribution is 0.102. The van der Waals surface area contributed by atoms with E-state index in [9.17, 15) is 4.79 Å². The third-order valence-corrected chi connectivity index (χ3v) is 4.05. The van der Waals surface area contributed by atoms with Crippen LogP contribution in [0, 0.1) is 0 Å². The van der Waals surface area contributed by atoms with Crippen molar-refractivity contribution in [3.63, 3.8) is 0 Å². The van der Waals surface area contributed by atoms with Crippen LogP contribution < -0.4 is 10.5 Å². The minimum absolute atomic E-state index is 0.0384. The fourth-order valence-corrected chi connectivity index (χ4v) is 2.80. The highest BCUT2D eigenvalue weighted by Crippen LogP contribution is 2.24. The van der Waals surface area contributed by atoms with Gasteiger partial charge in [-0.1, -0.05) is 23.1 Å². The Morgan fingerprint density at radius 1 is 1.39 bits per heavy atom. The number of nitrogen functional groups attached to an aromatic ring is 1. The number of nitrogens with zero attached hydrogens (tertiary/aromatic N) is 2. The van der Waals surface area contributed by atoms with Gasteiger partial charge in [-0.3, -0.25) is 4.79 Å². The van der Waals surface area contributed by atoms with E-state index in [4.69, 9.17) is 10.5 Å². The third-order valence-electron chi connectivity index (χ3n) is 2.16. The molecule has 2 rings (SSSR count). The van der Waals surface area contributed by atoms with Crippen LogP contribution in [0.3, 0.4) is 0 Å². The number of thioether (sulfide) groups is 1. The molecular formula is C11H11N3O2S2. The van der Waals surface area contributed by atoms with Crippen LogP contribution in [-0.4, -0.2) is 28.8 Å². The van der Waals surface area contributed by atoms with Crippen LogP contribution in [0.15, 0.2) is 28.6 Å². The van der Waals surface area contributed by atoms with Crippen molar-refractivity contribution in [2.75, 3.05) is 18.6 Å². The summed E-state index contributed by atoms with van der Waals surface area (Å²) < 4.78 is 5.74. The molecule has 0 aliphatic carbocycles. The van der Waals surface area contributed by atoms with Crippen molar-refractivity contribution in [2.45, 2.75) is 4.34 Å². The van der Waals surface area contributed by atoms with Crippen LogP contribution in [0.5, 0.6) is 5.75 Å². The summed E-state index contributed by atoms with van der Waals surface area (Å²) in [5.41, 5.74) is 6.11. The molecule has 0 aliphatic heterocycles. The number of benzene rings is 1. The maximum atomic E-state index is 11.9. The van der Waals surface area contributed by atoms with Crippen LogP contribution in [0.2, 0.25) is 0 Å². The van der Waals surface area contributed by atoms with E-state index in [0.717, 1.165) is 5.75 Å². The molecule has 0 fully saturated rings. The van der Waals surface area contributed by atoms with Gasteiger partial charge in [0.1, 0.15) is 5.75 Å². The topological polar surface area (TPSA) is 78.1 Å². The highest BCUT2D eigenvalue weighted by Gasteiger charge is 2.09. The number of aromatic nitrogens is 2. The molecule has 0 saturated carbocycles. The average Bonchev–Trinajstić information content (AvgIpc) is 2.82. The van der Waals surface area contributed by atoms with Crippen molar-refractivity contribution in [1.82, 2.24) is 10.2 Å². The lowest BCUT2D eigenvalue weighted by Crippen LogP contribution is -2.02. The zero-order chi connectivity index (χ0) is 13.0. The number of hydrogen-bond acceptors (Lipinski definition) is 7. The lowest BCUT2D eigenvalue weighted by Gasteiger charge is -2.01. The van der Waals surface area contributed by atoms with Gasteiger partial charge in [0.15, 0.2) is 10.1 Å². The van der Waals surface area contributed by atoms with Crippen LogP contribution in [0.25, 0.3) is 0 Å². The van der Waals surface area contributed by atoms with Gasteiger partial charge in [-0.05, 0) is 24.3 Å². The fraction of sp³-hybridized carbons (Fsp3) is 0.182. The van der Waals surface area contributed by atoms with E-state index in [1.165, 1.54) is 23.1 Å². The van der Waals surface area contributed by atoms with E-state index >= 15 is 0 Å². The zero-order valence-corrected chi connectivity index (χ0v) is 11.3. The van der Waals surface area contributed by atoms with Gasteiger partial charge < -0.3 is 10.5 Å². The Balaban J connectivity index is 1.94. The largest absolute Gasteiger partial charge is 0.497 e. The molecule has 1 aromatic carbocycles. The normalized spacial score (nSPS) is 10.3. The van der Waals surface area contributed by atoms with Gasteiger partial charge in [0.05, 0.1) is 12.9 Å². The minimum Gasteiger partial charge on any atom is -0.497 e. The van der Waals surface area contributed by atoms with E-state index < -0.39 is 0 Å². The van der Waals surface area contributed by atoms with Crippen LogP contribution in [-0.2, 0) is 0 Å². The van der Waals surface area contributed by atoms with Crippen molar-refractivity contribution < 1.29 is 9.53 Å². The number of ether oxygens (including phenoxy) is 1. The number of hydrogen-bond donors (Lipinski definition) is 1. The monoisotopic (exact) mass is 281 g/mol. The Labute approximate surface area is 112 Å². The van der Waals surface area contributed by atoms with Crippen molar-refractivity contribution in [1.29, 1.82) is 0 Å². The Morgan fingerprint density at radius 2 is 2.11 bits per heavy atom. The van der Waals surface area contributed by atoms with Gasteiger partial charge in [0.25, 0.3) is 0 Å². The van der Waals surface area contributed by atoms with Crippen molar-refractivity contribution >= 4 is 34.0 Å². The summed E-state index contributed by atoms with van der Waals surface area (Å²) >= 11 is 2.62. The molecule has 0 spiro atoms. The van der Waals surface area contributed by atoms with Gasteiger partial charge in [-0.2, -0.15) is 0 Å². The summed E-state index contributed by atoms with van der Waals surface area (Å²) in [4.78, 5) is 11.9. The summed E-state index contributed by atoms with van der Waals surface area (Å²) in [5, 5.41) is 7.94. The number of rotatable bonds is 5. The molecule has 2 aromatic rings. The smallest absolute Gasteiger partial charge is 0.203 e. The number of anilines is 1. The van der Waals surface area contributed by atoms with Crippen molar-refractivity contribution in [3.05, 3.63) is 29.8 Å². The first kappa shape index (κ1) is 12.8. The molecule has 94 valence electrons. The van der Waals surface area contributed by atoms with Gasteiger partial charge in [-0.15, -0.1) is 10.2 Å². The second kappa shape index (κ2) is 5.83. The number of carbonyl (C=O) groups is 1. The van der Waals surface area contributed by atoms with E-state index in [2.05, 4.69) is 10.2 Å². The molecule has 0 radical (unpaired) electrons. The lowest BCUT2D eigenvalue weighted by atomic mass is 10.1. The Kier molecular flexibility index (Phi) is 4.16. The van der Waals surface area contributed by atoms with E-state index in [-0.39, 0.29) is 5.78 Å². The molecule has 1 aromatic heterocycles. The molecule has 18 heavy (non-hydrogen) atoms. The maximum Gasteiger partial charge on any atom is 0.203 e. The first-order chi connectivity index (χ1) is 8.69. The molecule has 0 aliphatic rings. The summed E-state index contributed by atoms with van der Waals surface area (Å²) in [7, 11) is 1.59. The molecule has 5 nitrogen and oxygen atoms in total. The summed E-state index contributed by atoms with van der Waals surface area (Å²) in [5.74, 6) is 1.09. The van der Waals surface area contributed by atoms with Gasteiger partial charge in [-0.25, -0.2) is 0 Å². The molecule has 0 bridgehead atoms. The summed E-state index contributed by atoms with van der Waals surface area (Å²) in [6.07, 6.45) is 0. The number of ketones is 1. The predicted octanol–water partition coefficient (Wildman–Crippen LogP) is 2.10. The molecule has 0 amide bonds. The molecule has 2 N–H and O–H groups in total. The molecular weight excluding hydrogens is 270 g/mol. The Bertz CT molecular complexity index is 539. The average molecular weight is 281 g/mol. The van der Waals surface area contributed by atoms with Gasteiger partial charge in [0.2, 0.25) is 5.13 Å². The molecule has 0 saturated heterocycles. The maximum absolute atomic E-state index is 11.9. The predicted molar refractivity (Wildman–Crippen MR) is 72.4 cm³/mol. The molecule has 1 heterocycles. The quantitative estimate of drug-likeness (QED) is 0.668. The molecule has 7 heteroatoms. The first-order valence-electron chi connectivity index (χ1n) is 5.08. The standard InChI is InChI=1S/C11H11N3O2S2/c1-16-8-4-2-7(3-5-8)9(15)6-17-11-14-13-10(12)18-11/h2-5H,6H2,1H3,(H2,12,13). The van der Waals surface area contributed by atoms with Crippen LogP contribution >= 0.6 is 23.1 Å². The van der Waals surface area contributed by atoms with E-state index in [1.807, 2.05) is 0 Å². The number of methoxy groups -OCH3 is 1. The summed E-state index contributed by atoms with van der Waals surface area (Å²) in [6.45, 7) is 0. The number of Topliss-reactive ketones (excluding diaryl/α,β-unsaturated/α-hetero) is 1. The van der Waals surface area contributed by atoms with Crippen molar-refractivity contribution in [3.8, 4) is 5.75 Å². The zero-order valence-electron chi connectivity index (χ0n) is 9.62. The number of nitrogens with two attached hydrogens (primary N) is 1. The second-order valence-corrected chi connectivity index (χ2v) is 5.58. The van der Waals surface area contributed by atoms with Gasteiger partial charge in [0, 0.05) is 5.56 Å². The SMILES string of the molecule is COc1ccc(C(=O)CSc2nnc(N)s2)cc1. The van der Waals surface area contributed by atoms with Crippen LogP contribution in [0.4, 0.5) is 5.13 Å².